The first-order valence-electron chi connectivity index (χ1n) is 23.3. The molecule has 0 unspecified atom stereocenters. The van der Waals surface area contributed by atoms with Crippen LogP contribution in [-0.4, -0.2) is 0 Å². The minimum Gasteiger partial charge on any atom is -0.311 e. The molecule has 0 fully saturated rings. The van der Waals surface area contributed by atoms with Gasteiger partial charge >= 0.3 is 0 Å². The second-order valence-electron chi connectivity index (χ2n) is 18.0. The quantitative estimate of drug-likeness (QED) is 0.111. The zero-order chi connectivity index (χ0) is 46.3. The fraction of sp³-hybridized carbons (Fsp3) is 0.0909. The second-order valence-corrected chi connectivity index (χ2v) is 18.0. The Hall–Kier alpha value is -8.00. The van der Waals surface area contributed by atoms with Gasteiger partial charge in [-0.1, -0.05) is 215 Å². The molecule has 0 aliphatic heterocycles. The van der Waals surface area contributed by atoms with Gasteiger partial charge in [0.05, 0.1) is 0 Å². The molecule has 0 N–H and O–H groups in total. The number of hydrogen-bond donors (Lipinski definition) is 0. The summed E-state index contributed by atoms with van der Waals surface area (Å²) in [6.45, 7) is 12.8. The van der Waals surface area contributed by atoms with Gasteiger partial charge in [-0.15, -0.1) is 0 Å². The van der Waals surface area contributed by atoms with E-state index in [9.17, 15) is 0 Å². The largest absolute Gasteiger partial charge is 0.311 e. The smallest absolute Gasteiger partial charge is 0.0462 e. The number of rotatable bonds is 12. The van der Waals surface area contributed by atoms with Crippen LogP contribution in [0.5, 0.6) is 0 Å². The summed E-state index contributed by atoms with van der Waals surface area (Å²) in [6.07, 6.45) is 6.93. The molecule has 0 saturated heterocycles. The maximum absolute atomic E-state index is 2.36. The second kappa shape index (κ2) is 20.0. The Morgan fingerprint density at radius 3 is 0.552 bits per heavy atom. The van der Waals surface area contributed by atoms with Crippen LogP contribution in [-0.2, 0) is 0 Å². The van der Waals surface area contributed by atoms with Gasteiger partial charge in [0.2, 0.25) is 0 Å². The van der Waals surface area contributed by atoms with E-state index in [0.29, 0.717) is 0 Å². The lowest BCUT2D eigenvalue weighted by molar-refractivity contribution is 1.28. The average Bonchev–Trinajstić information content (AvgIpc) is 3.35. The molecule has 0 aromatic heterocycles. The molecule has 0 spiro atoms. The first-order valence-corrected chi connectivity index (χ1v) is 23.3. The lowest BCUT2D eigenvalue weighted by atomic mass is 9.94. The summed E-state index contributed by atoms with van der Waals surface area (Å²) in [5.74, 6) is 0. The first-order chi connectivity index (χ1) is 32.6. The van der Waals surface area contributed by atoms with Crippen LogP contribution >= 0.6 is 0 Å². The molecule has 0 heterocycles. The molecule has 0 bridgehead atoms. The third-order valence-electron chi connectivity index (χ3n) is 12.6. The van der Waals surface area contributed by atoms with E-state index in [1.165, 1.54) is 83.5 Å². The predicted octanol–water partition coefficient (Wildman–Crippen LogP) is 17.8. The molecule has 1 nitrogen and oxygen atoms in total. The lowest BCUT2D eigenvalue weighted by Crippen LogP contribution is -2.09. The average molecular weight is 864 g/mol. The number of benzene rings is 9. The minimum atomic E-state index is 1.08. The highest BCUT2D eigenvalue weighted by molar-refractivity contribution is 5.94. The van der Waals surface area contributed by atoms with Crippen LogP contribution < -0.4 is 4.90 Å². The summed E-state index contributed by atoms with van der Waals surface area (Å²) >= 11 is 0. The Kier molecular flexibility index (Phi) is 13.2. The summed E-state index contributed by atoms with van der Waals surface area (Å²) in [5.41, 5.74) is 24.9. The lowest BCUT2D eigenvalue weighted by Gasteiger charge is -2.26. The van der Waals surface area contributed by atoms with Gasteiger partial charge in [-0.25, -0.2) is 0 Å². The number of nitrogens with zero attached hydrogens (tertiary/aromatic N) is 1. The predicted molar refractivity (Wildman–Crippen MR) is 289 cm³/mol. The molecule has 0 amide bonds. The Balaban J connectivity index is 1.11. The molecule has 0 saturated carbocycles. The standard InChI is InChI=1S/C66H57N/c1-46-7-25-55(26-8-46)64(56-27-9-47(2)10-28-56)43-52-19-37-61(38-20-52)67(62-39-21-53(22-40-62)44-65(57-29-11-48(3)12-30-57)58-31-13-49(4)14-32-58)63-41-23-54(24-42-63)45-66(59-33-15-50(5)16-34-59)60-35-17-51(6)18-36-60/h7-45H,1-6H3. The van der Waals surface area contributed by atoms with Crippen molar-refractivity contribution < 1.29 is 0 Å². The van der Waals surface area contributed by atoms with Crippen molar-refractivity contribution in [2.45, 2.75) is 41.5 Å². The van der Waals surface area contributed by atoms with Crippen molar-refractivity contribution in [2.75, 3.05) is 4.90 Å². The fourth-order valence-electron chi connectivity index (χ4n) is 8.50. The molecular weight excluding hydrogens is 807 g/mol. The summed E-state index contributed by atoms with van der Waals surface area (Å²) in [6, 6.07) is 79.9. The van der Waals surface area contributed by atoms with Gasteiger partial charge in [-0.2, -0.15) is 0 Å². The van der Waals surface area contributed by atoms with Crippen molar-refractivity contribution in [3.63, 3.8) is 0 Å². The van der Waals surface area contributed by atoms with E-state index in [-0.39, 0.29) is 0 Å². The van der Waals surface area contributed by atoms with Gasteiger partial charge in [-0.3, -0.25) is 0 Å². The summed E-state index contributed by atoms with van der Waals surface area (Å²) < 4.78 is 0. The topological polar surface area (TPSA) is 3.24 Å². The van der Waals surface area contributed by atoms with Crippen LogP contribution in [0.3, 0.4) is 0 Å². The molecule has 9 rings (SSSR count). The Morgan fingerprint density at radius 2 is 0.388 bits per heavy atom. The van der Waals surface area contributed by atoms with Crippen LogP contribution in [0.2, 0.25) is 0 Å². The maximum Gasteiger partial charge on any atom is 0.0462 e. The number of anilines is 3. The minimum absolute atomic E-state index is 1.08. The third kappa shape index (κ3) is 10.8. The molecule has 1 heteroatoms. The van der Waals surface area contributed by atoms with Crippen LogP contribution in [0.25, 0.3) is 34.9 Å². The molecule has 67 heavy (non-hydrogen) atoms. The van der Waals surface area contributed by atoms with E-state index in [2.05, 4.69) is 283 Å². The van der Waals surface area contributed by atoms with E-state index in [0.717, 1.165) is 33.8 Å². The first kappa shape index (κ1) is 44.2. The van der Waals surface area contributed by atoms with Gasteiger partial charge in [0.25, 0.3) is 0 Å². The van der Waals surface area contributed by atoms with Crippen LogP contribution in [0.1, 0.15) is 83.5 Å². The van der Waals surface area contributed by atoms with Gasteiger partial charge in [0.15, 0.2) is 0 Å². The number of hydrogen-bond acceptors (Lipinski definition) is 1. The summed E-state index contributed by atoms with van der Waals surface area (Å²) in [5, 5.41) is 0. The normalized spacial score (nSPS) is 10.8. The van der Waals surface area contributed by atoms with Crippen molar-refractivity contribution >= 4 is 52.0 Å². The molecular formula is C66H57N. The van der Waals surface area contributed by atoms with Gasteiger partial charge < -0.3 is 4.90 Å². The van der Waals surface area contributed by atoms with Gasteiger partial charge in [-0.05, 0) is 163 Å². The van der Waals surface area contributed by atoms with E-state index in [1.54, 1.807) is 0 Å². The maximum atomic E-state index is 2.36. The zero-order valence-electron chi connectivity index (χ0n) is 39.5. The van der Waals surface area contributed by atoms with Gasteiger partial charge in [0, 0.05) is 17.1 Å². The van der Waals surface area contributed by atoms with Crippen LogP contribution in [0, 0.1) is 41.5 Å². The van der Waals surface area contributed by atoms with Crippen molar-refractivity contribution in [3.8, 4) is 0 Å². The fourth-order valence-corrected chi connectivity index (χ4v) is 8.50. The molecule has 0 aliphatic rings. The molecule has 0 aliphatic carbocycles. The highest BCUT2D eigenvalue weighted by atomic mass is 15.1. The van der Waals surface area contributed by atoms with Crippen LogP contribution in [0.15, 0.2) is 218 Å². The zero-order valence-corrected chi connectivity index (χ0v) is 39.5. The van der Waals surface area contributed by atoms with E-state index < -0.39 is 0 Å². The van der Waals surface area contributed by atoms with Crippen molar-refractivity contribution in [2.24, 2.45) is 0 Å². The SMILES string of the molecule is Cc1ccc(C(=Cc2ccc(N(c3ccc(C=C(c4ccc(C)cc4)c4ccc(C)cc4)cc3)c3ccc(C=C(c4ccc(C)cc4)c4ccc(C)cc4)cc3)cc2)c2ccc(C)cc2)cc1. The van der Waals surface area contributed by atoms with Crippen molar-refractivity contribution in [1.82, 2.24) is 0 Å². The van der Waals surface area contributed by atoms with E-state index >= 15 is 0 Å². The molecule has 326 valence electrons. The summed E-state index contributed by atoms with van der Waals surface area (Å²) in [4.78, 5) is 2.36. The Morgan fingerprint density at radius 1 is 0.224 bits per heavy atom. The highest BCUT2D eigenvalue weighted by Crippen LogP contribution is 2.37. The highest BCUT2D eigenvalue weighted by Gasteiger charge is 2.15. The molecule has 0 radical (unpaired) electrons. The van der Waals surface area contributed by atoms with Crippen molar-refractivity contribution in [1.29, 1.82) is 0 Å². The van der Waals surface area contributed by atoms with E-state index in [1.807, 2.05) is 0 Å². The Bertz CT molecular complexity index is 2670. The molecule has 0 atom stereocenters. The summed E-state index contributed by atoms with van der Waals surface area (Å²) in [7, 11) is 0. The van der Waals surface area contributed by atoms with Gasteiger partial charge in [0.1, 0.15) is 0 Å². The third-order valence-corrected chi connectivity index (χ3v) is 12.6. The van der Waals surface area contributed by atoms with E-state index in [4.69, 9.17) is 0 Å². The number of aryl methyl sites for hydroxylation is 6. The van der Waals surface area contributed by atoms with Crippen molar-refractivity contribution in [3.05, 3.63) is 302 Å². The molecule has 9 aromatic rings. The Labute approximate surface area is 398 Å². The molecule has 9 aromatic carbocycles. The monoisotopic (exact) mass is 863 g/mol. The van der Waals surface area contributed by atoms with Crippen LogP contribution in [0.4, 0.5) is 17.1 Å².